The normalized spacial score (nSPS) is 23.4. The van der Waals surface area contributed by atoms with Crippen LogP contribution in [0.2, 0.25) is 0 Å². The number of likely N-dealkylation sites (tertiary alicyclic amines) is 1. The number of aliphatic hydroxyl groups excluding tert-OH is 1. The van der Waals surface area contributed by atoms with Gasteiger partial charge in [0, 0.05) is 18.8 Å². The number of fused-ring (bicyclic) bond motifs is 1. The average Bonchev–Trinajstić information content (AvgIpc) is 2.82. The monoisotopic (exact) mass is 260 g/mol. The number of carbonyl (C=O) groups is 1. The highest BCUT2D eigenvalue weighted by molar-refractivity contribution is 5.96. The molecule has 0 radical (unpaired) electrons. The molecule has 2 heterocycles. The number of anilines is 1. The molecule has 4 nitrogen and oxygen atoms in total. The number of carbonyl (C=O) groups excluding carboxylic acids is 1. The third-order valence-corrected chi connectivity index (χ3v) is 4.03. The Morgan fingerprint density at radius 2 is 2.16 bits per heavy atom. The minimum Gasteiger partial charge on any atom is -0.392 e. The lowest BCUT2D eigenvalue weighted by Crippen LogP contribution is -2.45. The van der Waals surface area contributed by atoms with Crippen LogP contribution in [0.4, 0.5) is 5.69 Å². The topological polar surface area (TPSA) is 43.8 Å². The van der Waals surface area contributed by atoms with Gasteiger partial charge in [-0.05, 0) is 37.4 Å². The fraction of sp³-hybridized carbons (Fsp3) is 0.533. The smallest absolute Gasteiger partial charge is 0.241 e. The molecular weight excluding hydrogens is 240 g/mol. The van der Waals surface area contributed by atoms with E-state index in [-0.39, 0.29) is 12.0 Å². The van der Waals surface area contributed by atoms with Crippen LogP contribution < -0.4 is 4.90 Å². The van der Waals surface area contributed by atoms with Crippen LogP contribution in [0.3, 0.4) is 0 Å². The number of amides is 1. The first kappa shape index (κ1) is 12.6. The fourth-order valence-electron chi connectivity index (χ4n) is 3.05. The summed E-state index contributed by atoms with van der Waals surface area (Å²) in [5.41, 5.74) is 2.32. The molecule has 0 aliphatic carbocycles. The second-order valence-corrected chi connectivity index (χ2v) is 5.46. The summed E-state index contributed by atoms with van der Waals surface area (Å²) in [4.78, 5) is 16.3. The molecule has 1 amide bonds. The van der Waals surface area contributed by atoms with Gasteiger partial charge in [0.1, 0.15) is 0 Å². The van der Waals surface area contributed by atoms with Crippen LogP contribution in [0, 0.1) is 0 Å². The first-order chi connectivity index (χ1) is 9.24. The molecule has 1 atom stereocenters. The molecule has 1 N–H and O–H groups in total. The van der Waals surface area contributed by atoms with E-state index >= 15 is 0 Å². The highest BCUT2D eigenvalue weighted by Crippen LogP contribution is 2.27. The Bertz CT molecular complexity index is 475. The molecule has 1 aromatic rings. The van der Waals surface area contributed by atoms with Crippen LogP contribution in [-0.2, 0) is 11.2 Å². The Labute approximate surface area is 113 Å². The molecule has 0 aromatic heterocycles. The number of rotatable bonds is 2. The highest BCUT2D eigenvalue weighted by Gasteiger charge is 2.27. The quantitative estimate of drug-likeness (QED) is 0.864. The lowest BCUT2D eigenvalue weighted by atomic mass is 10.1. The van der Waals surface area contributed by atoms with Crippen LogP contribution in [0.25, 0.3) is 0 Å². The maximum Gasteiger partial charge on any atom is 0.241 e. The van der Waals surface area contributed by atoms with Crippen molar-refractivity contribution in [3.05, 3.63) is 29.8 Å². The van der Waals surface area contributed by atoms with E-state index < -0.39 is 0 Å². The van der Waals surface area contributed by atoms with E-state index in [1.165, 1.54) is 5.56 Å². The van der Waals surface area contributed by atoms with Crippen LogP contribution in [0.15, 0.2) is 24.3 Å². The summed E-state index contributed by atoms with van der Waals surface area (Å²) in [6.45, 7) is 2.75. The van der Waals surface area contributed by atoms with E-state index in [0.29, 0.717) is 13.1 Å². The van der Waals surface area contributed by atoms with Crippen molar-refractivity contribution in [2.24, 2.45) is 0 Å². The van der Waals surface area contributed by atoms with Gasteiger partial charge in [-0.25, -0.2) is 0 Å². The maximum atomic E-state index is 12.4. The van der Waals surface area contributed by atoms with Gasteiger partial charge in [-0.1, -0.05) is 18.2 Å². The minimum atomic E-state index is -0.271. The van der Waals surface area contributed by atoms with Gasteiger partial charge in [0.05, 0.1) is 12.6 Å². The molecule has 3 rings (SSSR count). The fourth-order valence-corrected chi connectivity index (χ4v) is 3.05. The predicted molar refractivity (Wildman–Crippen MR) is 74.2 cm³/mol. The van der Waals surface area contributed by atoms with Crippen molar-refractivity contribution in [2.75, 3.05) is 31.1 Å². The Kier molecular flexibility index (Phi) is 3.53. The number of para-hydroxylation sites is 1. The van der Waals surface area contributed by atoms with Gasteiger partial charge in [0.15, 0.2) is 0 Å². The van der Waals surface area contributed by atoms with Crippen molar-refractivity contribution >= 4 is 11.6 Å². The second kappa shape index (κ2) is 5.31. The van der Waals surface area contributed by atoms with Crippen molar-refractivity contribution < 1.29 is 9.90 Å². The zero-order chi connectivity index (χ0) is 13.2. The van der Waals surface area contributed by atoms with Gasteiger partial charge in [-0.3, -0.25) is 9.69 Å². The van der Waals surface area contributed by atoms with Gasteiger partial charge >= 0.3 is 0 Å². The van der Waals surface area contributed by atoms with Crippen LogP contribution in [0.5, 0.6) is 0 Å². The van der Waals surface area contributed by atoms with Crippen LogP contribution in [-0.4, -0.2) is 48.2 Å². The summed E-state index contributed by atoms with van der Waals surface area (Å²) >= 11 is 0. The number of aliphatic hydroxyl groups is 1. The van der Waals surface area contributed by atoms with Crippen molar-refractivity contribution in [1.82, 2.24) is 4.90 Å². The van der Waals surface area contributed by atoms with Crippen molar-refractivity contribution in [2.45, 2.75) is 25.4 Å². The zero-order valence-electron chi connectivity index (χ0n) is 11.1. The van der Waals surface area contributed by atoms with E-state index in [0.717, 1.165) is 38.0 Å². The molecule has 1 aromatic carbocycles. The molecule has 0 saturated carbocycles. The first-order valence-corrected chi connectivity index (χ1v) is 7.03. The minimum absolute atomic E-state index is 0.152. The summed E-state index contributed by atoms with van der Waals surface area (Å²) in [5.74, 6) is 0.152. The molecular formula is C15H20N2O2. The van der Waals surface area contributed by atoms with Gasteiger partial charge in [-0.15, -0.1) is 0 Å². The Hall–Kier alpha value is -1.39. The maximum absolute atomic E-state index is 12.4. The first-order valence-electron chi connectivity index (χ1n) is 7.03. The summed E-state index contributed by atoms with van der Waals surface area (Å²) in [7, 11) is 0. The molecule has 0 bridgehead atoms. The highest BCUT2D eigenvalue weighted by atomic mass is 16.3. The van der Waals surface area contributed by atoms with E-state index in [1.807, 2.05) is 23.1 Å². The molecule has 1 saturated heterocycles. The largest absolute Gasteiger partial charge is 0.392 e. The summed E-state index contributed by atoms with van der Waals surface area (Å²) in [6.07, 6.45) is 2.51. The lowest BCUT2D eigenvalue weighted by molar-refractivity contribution is -0.120. The van der Waals surface area contributed by atoms with Crippen molar-refractivity contribution in [1.29, 1.82) is 0 Å². The summed E-state index contributed by atoms with van der Waals surface area (Å²) < 4.78 is 0. The van der Waals surface area contributed by atoms with E-state index in [4.69, 9.17) is 0 Å². The van der Waals surface area contributed by atoms with E-state index in [9.17, 15) is 9.90 Å². The molecule has 1 fully saturated rings. The molecule has 102 valence electrons. The third-order valence-electron chi connectivity index (χ3n) is 4.03. The standard InChI is InChI=1S/C15H20N2O2/c18-13-5-3-8-16(10-13)11-15(19)17-9-7-12-4-1-2-6-14(12)17/h1-2,4,6,13,18H,3,5,7-11H2/t13-/m0/s1. The number of benzene rings is 1. The SMILES string of the molecule is O=C(CN1CCC[C@H](O)C1)N1CCc2ccccc21. The summed E-state index contributed by atoms with van der Waals surface area (Å²) in [6, 6.07) is 8.11. The molecule has 19 heavy (non-hydrogen) atoms. The molecule has 0 unspecified atom stereocenters. The van der Waals surface area contributed by atoms with Crippen molar-refractivity contribution in [3.63, 3.8) is 0 Å². The zero-order valence-corrected chi connectivity index (χ0v) is 11.1. The Morgan fingerprint density at radius 1 is 1.32 bits per heavy atom. The summed E-state index contributed by atoms with van der Waals surface area (Å²) in [5, 5.41) is 9.65. The lowest BCUT2D eigenvalue weighted by Gasteiger charge is -2.30. The van der Waals surface area contributed by atoms with E-state index in [2.05, 4.69) is 11.0 Å². The predicted octanol–water partition coefficient (Wildman–Crippen LogP) is 1.03. The number of hydrogen-bond acceptors (Lipinski definition) is 3. The Morgan fingerprint density at radius 3 is 3.00 bits per heavy atom. The number of piperidine rings is 1. The molecule has 2 aliphatic rings. The van der Waals surface area contributed by atoms with Crippen LogP contribution in [0.1, 0.15) is 18.4 Å². The number of β-amino-alcohol motifs (C(OH)–C–C–N with tert-alkyl or cyclic N) is 1. The van der Waals surface area contributed by atoms with E-state index in [1.54, 1.807) is 0 Å². The molecule has 4 heteroatoms. The number of nitrogens with zero attached hydrogens (tertiary/aromatic N) is 2. The molecule has 2 aliphatic heterocycles. The van der Waals surface area contributed by atoms with Gasteiger partial charge in [-0.2, -0.15) is 0 Å². The average molecular weight is 260 g/mol. The van der Waals surface area contributed by atoms with Crippen LogP contribution >= 0.6 is 0 Å². The van der Waals surface area contributed by atoms with Gasteiger partial charge in [0.2, 0.25) is 5.91 Å². The van der Waals surface area contributed by atoms with Crippen molar-refractivity contribution in [3.8, 4) is 0 Å². The number of hydrogen-bond donors (Lipinski definition) is 1. The second-order valence-electron chi connectivity index (χ2n) is 5.46. The van der Waals surface area contributed by atoms with Gasteiger partial charge in [0.25, 0.3) is 0 Å². The Balaban J connectivity index is 1.65. The van der Waals surface area contributed by atoms with Gasteiger partial charge < -0.3 is 10.0 Å². The third kappa shape index (κ3) is 2.65. The molecule has 0 spiro atoms.